The highest BCUT2D eigenvalue weighted by Gasteiger charge is 2.09. The van der Waals surface area contributed by atoms with Crippen LogP contribution in [0.4, 0.5) is 0 Å². The van der Waals surface area contributed by atoms with Crippen molar-refractivity contribution < 1.29 is 0 Å². The summed E-state index contributed by atoms with van der Waals surface area (Å²) >= 11 is 3.24. The van der Waals surface area contributed by atoms with Gasteiger partial charge in [0.15, 0.2) is 0 Å². The molecular formula is C8H13N3S2. The van der Waals surface area contributed by atoms with Gasteiger partial charge in [0.05, 0.1) is 0 Å². The van der Waals surface area contributed by atoms with Crippen molar-refractivity contribution >= 4 is 23.5 Å². The Morgan fingerprint density at radius 1 is 1.15 bits per heavy atom. The maximum atomic E-state index is 5.65. The molecule has 1 aromatic heterocycles. The third-order valence-corrected chi connectivity index (χ3v) is 3.08. The average molecular weight is 215 g/mol. The van der Waals surface area contributed by atoms with Crippen LogP contribution in [0.2, 0.25) is 0 Å². The van der Waals surface area contributed by atoms with Crippen LogP contribution in [0.3, 0.4) is 0 Å². The second-order valence-electron chi connectivity index (χ2n) is 2.47. The van der Waals surface area contributed by atoms with E-state index in [1.807, 2.05) is 19.4 Å². The summed E-state index contributed by atoms with van der Waals surface area (Å²) in [6.45, 7) is 2.41. The van der Waals surface area contributed by atoms with Crippen molar-refractivity contribution in [3.05, 3.63) is 11.4 Å². The van der Waals surface area contributed by atoms with Crippen LogP contribution in [0.25, 0.3) is 0 Å². The molecule has 13 heavy (non-hydrogen) atoms. The lowest BCUT2D eigenvalue weighted by Gasteiger charge is -2.08. The molecule has 0 saturated carbocycles. The van der Waals surface area contributed by atoms with Gasteiger partial charge in [0.1, 0.15) is 15.9 Å². The number of hydrogen-bond donors (Lipinski definition) is 1. The first-order chi connectivity index (χ1) is 6.22. The highest BCUT2D eigenvalue weighted by Crippen LogP contribution is 2.25. The lowest BCUT2D eigenvalue weighted by atomic mass is 10.3. The molecule has 0 aliphatic rings. The van der Waals surface area contributed by atoms with Gasteiger partial charge >= 0.3 is 0 Å². The van der Waals surface area contributed by atoms with Gasteiger partial charge < -0.3 is 5.73 Å². The molecule has 0 atom stereocenters. The standard InChI is InChI=1S/C8H13N3S2/c1-5-10-7(12-2)6(4-9)8(11-5)13-3/h4,9H2,1-3H3. The second-order valence-corrected chi connectivity index (χ2v) is 4.06. The Balaban J connectivity index is 3.25. The first-order valence-corrected chi connectivity index (χ1v) is 6.33. The zero-order valence-corrected chi connectivity index (χ0v) is 9.63. The molecule has 3 nitrogen and oxygen atoms in total. The fourth-order valence-corrected chi connectivity index (χ4v) is 2.42. The van der Waals surface area contributed by atoms with Gasteiger partial charge in [-0.15, -0.1) is 23.5 Å². The van der Waals surface area contributed by atoms with E-state index in [9.17, 15) is 0 Å². The summed E-state index contributed by atoms with van der Waals surface area (Å²) < 4.78 is 0. The van der Waals surface area contributed by atoms with E-state index >= 15 is 0 Å². The number of nitrogens with two attached hydrogens (primary N) is 1. The molecule has 0 amide bonds. The third-order valence-electron chi connectivity index (χ3n) is 1.63. The molecule has 0 bridgehead atoms. The van der Waals surface area contributed by atoms with E-state index in [-0.39, 0.29) is 0 Å². The van der Waals surface area contributed by atoms with Gasteiger partial charge in [-0.05, 0) is 19.4 Å². The highest BCUT2D eigenvalue weighted by molar-refractivity contribution is 7.99. The lowest BCUT2D eigenvalue weighted by Crippen LogP contribution is -2.05. The molecule has 0 aliphatic heterocycles. The molecule has 0 aromatic carbocycles. The number of aromatic nitrogens is 2. The molecule has 1 aromatic rings. The van der Waals surface area contributed by atoms with E-state index in [1.165, 1.54) is 0 Å². The molecule has 0 radical (unpaired) electrons. The maximum Gasteiger partial charge on any atom is 0.127 e. The summed E-state index contributed by atoms with van der Waals surface area (Å²) in [5.41, 5.74) is 6.71. The smallest absolute Gasteiger partial charge is 0.127 e. The van der Waals surface area contributed by atoms with Crippen molar-refractivity contribution in [2.45, 2.75) is 23.5 Å². The van der Waals surface area contributed by atoms with Gasteiger partial charge in [-0.1, -0.05) is 0 Å². The van der Waals surface area contributed by atoms with Crippen molar-refractivity contribution in [3.8, 4) is 0 Å². The van der Waals surface area contributed by atoms with Gasteiger partial charge in [0.25, 0.3) is 0 Å². The maximum absolute atomic E-state index is 5.65. The van der Waals surface area contributed by atoms with Gasteiger partial charge in [-0.3, -0.25) is 0 Å². The van der Waals surface area contributed by atoms with Crippen molar-refractivity contribution in [2.24, 2.45) is 5.73 Å². The van der Waals surface area contributed by atoms with Crippen molar-refractivity contribution in [1.82, 2.24) is 9.97 Å². The minimum atomic E-state index is 0.507. The predicted octanol–water partition coefficient (Wildman–Crippen LogP) is 1.69. The molecule has 1 heterocycles. The average Bonchev–Trinajstić information content (AvgIpc) is 2.16. The van der Waals surface area contributed by atoms with Gasteiger partial charge in [0, 0.05) is 12.1 Å². The number of hydrogen-bond acceptors (Lipinski definition) is 5. The summed E-state index contributed by atoms with van der Waals surface area (Å²) in [6.07, 6.45) is 4.01. The van der Waals surface area contributed by atoms with E-state index in [4.69, 9.17) is 5.73 Å². The lowest BCUT2D eigenvalue weighted by molar-refractivity contribution is 0.819. The normalized spacial score (nSPS) is 10.5. The molecule has 72 valence electrons. The summed E-state index contributed by atoms with van der Waals surface area (Å²) in [5, 5.41) is 2.00. The molecule has 2 N–H and O–H groups in total. The minimum Gasteiger partial charge on any atom is -0.326 e. The van der Waals surface area contributed by atoms with Crippen molar-refractivity contribution in [2.75, 3.05) is 12.5 Å². The molecule has 0 aliphatic carbocycles. The topological polar surface area (TPSA) is 51.8 Å². The zero-order chi connectivity index (χ0) is 9.84. The van der Waals surface area contributed by atoms with E-state index in [1.54, 1.807) is 23.5 Å². The summed E-state index contributed by atoms with van der Waals surface area (Å²) in [4.78, 5) is 8.66. The Morgan fingerprint density at radius 2 is 1.62 bits per heavy atom. The summed E-state index contributed by atoms with van der Waals surface area (Å²) in [5.74, 6) is 0.811. The molecule has 5 heteroatoms. The Morgan fingerprint density at radius 3 is 1.92 bits per heavy atom. The number of rotatable bonds is 3. The zero-order valence-electron chi connectivity index (χ0n) is 8.00. The van der Waals surface area contributed by atoms with Crippen LogP contribution in [0, 0.1) is 6.92 Å². The Kier molecular flexibility index (Phi) is 4.02. The predicted molar refractivity (Wildman–Crippen MR) is 58.2 cm³/mol. The third kappa shape index (κ3) is 2.36. The van der Waals surface area contributed by atoms with Crippen LogP contribution < -0.4 is 5.73 Å². The van der Waals surface area contributed by atoms with Gasteiger partial charge in [-0.25, -0.2) is 9.97 Å². The summed E-state index contributed by atoms with van der Waals surface area (Å²) in [7, 11) is 0. The molecule has 1 rings (SSSR count). The fraction of sp³-hybridized carbons (Fsp3) is 0.500. The highest BCUT2D eigenvalue weighted by atomic mass is 32.2. The van der Waals surface area contributed by atoms with Crippen LogP contribution in [0.1, 0.15) is 11.4 Å². The van der Waals surface area contributed by atoms with Crippen LogP contribution in [-0.2, 0) is 6.54 Å². The summed E-state index contributed by atoms with van der Waals surface area (Å²) in [6, 6.07) is 0. The fourth-order valence-electron chi connectivity index (χ4n) is 1.06. The quantitative estimate of drug-likeness (QED) is 0.614. The van der Waals surface area contributed by atoms with E-state index in [2.05, 4.69) is 9.97 Å². The van der Waals surface area contributed by atoms with Crippen LogP contribution in [0.15, 0.2) is 10.1 Å². The second kappa shape index (κ2) is 4.83. The van der Waals surface area contributed by atoms with Crippen LogP contribution in [-0.4, -0.2) is 22.5 Å². The molecular weight excluding hydrogens is 202 g/mol. The Labute approximate surface area is 86.9 Å². The van der Waals surface area contributed by atoms with Crippen LogP contribution >= 0.6 is 23.5 Å². The Bertz CT molecular complexity index is 276. The number of aryl methyl sites for hydroxylation is 1. The SMILES string of the molecule is CSc1nc(C)nc(SC)c1CN. The monoisotopic (exact) mass is 215 g/mol. The number of thioether (sulfide) groups is 2. The van der Waals surface area contributed by atoms with Gasteiger partial charge in [0.2, 0.25) is 0 Å². The van der Waals surface area contributed by atoms with Crippen molar-refractivity contribution in [3.63, 3.8) is 0 Å². The van der Waals surface area contributed by atoms with E-state index in [0.717, 1.165) is 21.4 Å². The largest absolute Gasteiger partial charge is 0.326 e. The first-order valence-electron chi connectivity index (χ1n) is 3.88. The Hall–Kier alpha value is -0.260. The molecule has 0 unspecified atom stereocenters. The minimum absolute atomic E-state index is 0.507. The van der Waals surface area contributed by atoms with Crippen molar-refractivity contribution in [1.29, 1.82) is 0 Å². The van der Waals surface area contributed by atoms with Crippen LogP contribution in [0.5, 0.6) is 0 Å². The van der Waals surface area contributed by atoms with E-state index < -0.39 is 0 Å². The van der Waals surface area contributed by atoms with E-state index in [0.29, 0.717) is 6.54 Å². The first kappa shape index (κ1) is 10.8. The molecule has 0 fully saturated rings. The van der Waals surface area contributed by atoms with Gasteiger partial charge in [-0.2, -0.15) is 0 Å². The number of nitrogens with zero attached hydrogens (tertiary/aromatic N) is 2. The molecule has 0 spiro atoms. The molecule has 0 saturated heterocycles.